The van der Waals surface area contributed by atoms with E-state index in [4.69, 9.17) is 0 Å². The zero-order valence-corrected chi connectivity index (χ0v) is 9.31. The zero-order chi connectivity index (χ0) is 10.5. The molecule has 0 radical (unpaired) electrons. The summed E-state index contributed by atoms with van der Waals surface area (Å²) in [4.78, 5) is 10.8. The smallest absolute Gasteiger partial charge is 0.407 e. The van der Waals surface area contributed by atoms with E-state index >= 15 is 0 Å². The number of ether oxygens (including phenoxy) is 1. The first-order chi connectivity index (χ1) is 6.08. The number of hydrogen-bond acceptors (Lipinski definition) is 2. The molecule has 1 rings (SSSR count). The van der Waals surface area contributed by atoms with E-state index in [0.29, 0.717) is 5.41 Å². The van der Waals surface area contributed by atoms with Crippen LogP contribution in [0.1, 0.15) is 40.5 Å². The van der Waals surface area contributed by atoms with E-state index < -0.39 is 0 Å². The van der Waals surface area contributed by atoms with Crippen molar-refractivity contribution in [2.24, 2.45) is 5.41 Å². The SMILES string of the molecule is CC.COC(=O)NC(C)C1(C)CC1. The highest BCUT2D eigenvalue weighted by atomic mass is 16.5. The molecule has 1 aliphatic rings. The second-order valence-electron chi connectivity index (χ2n) is 3.51. The summed E-state index contributed by atoms with van der Waals surface area (Å²) in [6.07, 6.45) is 2.08. The summed E-state index contributed by atoms with van der Waals surface area (Å²) in [7, 11) is 1.39. The van der Waals surface area contributed by atoms with Gasteiger partial charge in [0.15, 0.2) is 0 Å². The molecule has 0 aromatic carbocycles. The monoisotopic (exact) mass is 187 g/mol. The summed E-state index contributed by atoms with van der Waals surface area (Å²) >= 11 is 0. The number of alkyl carbamates (subject to hydrolysis) is 1. The average molecular weight is 187 g/mol. The maximum Gasteiger partial charge on any atom is 0.407 e. The van der Waals surface area contributed by atoms with E-state index in [9.17, 15) is 4.79 Å². The van der Waals surface area contributed by atoms with Crippen molar-refractivity contribution < 1.29 is 9.53 Å². The standard InChI is InChI=1S/C8H15NO2.C2H6/c1-6(8(2)4-5-8)9-7(10)11-3;1-2/h6H,4-5H2,1-3H3,(H,9,10);1-2H3. The molecular formula is C10H21NO2. The Morgan fingerprint density at radius 1 is 1.46 bits per heavy atom. The van der Waals surface area contributed by atoms with Crippen LogP contribution in [0.2, 0.25) is 0 Å². The summed E-state index contributed by atoms with van der Waals surface area (Å²) in [6, 6.07) is 0.231. The molecule has 0 aromatic rings. The number of carbonyl (C=O) groups excluding carboxylic acids is 1. The first kappa shape index (κ1) is 12.3. The van der Waals surface area contributed by atoms with Gasteiger partial charge in [0.1, 0.15) is 0 Å². The number of rotatable bonds is 2. The fourth-order valence-corrected chi connectivity index (χ4v) is 1.04. The van der Waals surface area contributed by atoms with Crippen LogP contribution in [0, 0.1) is 5.41 Å². The van der Waals surface area contributed by atoms with Gasteiger partial charge < -0.3 is 10.1 Å². The van der Waals surface area contributed by atoms with E-state index in [1.807, 2.05) is 20.8 Å². The molecule has 1 aliphatic carbocycles. The Morgan fingerprint density at radius 2 is 1.92 bits per heavy atom. The molecule has 1 N–H and O–H groups in total. The van der Waals surface area contributed by atoms with Crippen molar-refractivity contribution in [2.75, 3.05) is 7.11 Å². The predicted octanol–water partition coefficient (Wildman–Crippen LogP) is 2.56. The third kappa shape index (κ3) is 3.66. The van der Waals surface area contributed by atoms with Gasteiger partial charge in [-0.25, -0.2) is 4.79 Å². The van der Waals surface area contributed by atoms with Gasteiger partial charge in [0, 0.05) is 6.04 Å². The minimum Gasteiger partial charge on any atom is -0.453 e. The molecule has 0 bridgehead atoms. The number of nitrogens with one attached hydrogen (secondary N) is 1. The first-order valence-corrected chi connectivity index (χ1v) is 4.93. The quantitative estimate of drug-likeness (QED) is 0.721. The van der Waals surface area contributed by atoms with Gasteiger partial charge in [0.2, 0.25) is 0 Å². The molecule has 13 heavy (non-hydrogen) atoms. The van der Waals surface area contributed by atoms with Crippen molar-refractivity contribution in [1.29, 1.82) is 0 Å². The van der Waals surface area contributed by atoms with Crippen LogP contribution >= 0.6 is 0 Å². The molecule has 1 amide bonds. The molecule has 1 unspecified atom stereocenters. The van der Waals surface area contributed by atoms with Gasteiger partial charge in [-0.2, -0.15) is 0 Å². The molecule has 3 heteroatoms. The number of hydrogen-bond donors (Lipinski definition) is 1. The maximum atomic E-state index is 10.8. The minimum absolute atomic E-state index is 0.231. The van der Waals surface area contributed by atoms with Crippen molar-refractivity contribution in [3.8, 4) is 0 Å². The topological polar surface area (TPSA) is 38.3 Å². The van der Waals surface area contributed by atoms with Crippen LogP contribution in [0.3, 0.4) is 0 Å². The Balaban J connectivity index is 0.000000671. The van der Waals surface area contributed by atoms with Gasteiger partial charge in [-0.15, -0.1) is 0 Å². The molecule has 0 heterocycles. The highest BCUT2D eigenvalue weighted by molar-refractivity contribution is 5.67. The predicted molar refractivity (Wildman–Crippen MR) is 53.7 cm³/mol. The molecule has 3 nitrogen and oxygen atoms in total. The normalized spacial score (nSPS) is 19.2. The summed E-state index contributed by atoms with van der Waals surface area (Å²) < 4.78 is 4.49. The third-order valence-corrected chi connectivity index (χ3v) is 2.60. The molecule has 0 aliphatic heterocycles. The van der Waals surface area contributed by atoms with Crippen molar-refractivity contribution in [3.05, 3.63) is 0 Å². The molecular weight excluding hydrogens is 166 g/mol. The van der Waals surface area contributed by atoms with Crippen LogP contribution in [-0.4, -0.2) is 19.2 Å². The molecule has 0 saturated heterocycles. The Kier molecular flexibility index (Phi) is 4.81. The summed E-state index contributed by atoms with van der Waals surface area (Å²) in [6.45, 7) is 8.19. The molecule has 78 valence electrons. The Labute approximate surface area is 80.8 Å². The van der Waals surface area contributed by atoms with Crippen molar-refractivity contribution in [3.63, 3.8) is 0 Å². The lowest BCUT2D eigenvalue weighted by Gasteiger charge is -2.18. The maximum absolute atomic E-state index is 10.8. The van der Waals surface area contributed by atoms with E-state index in [1.165, 1.54) is 20.0 Å². The zero-order valence-electron chi connectivity index (χ0n) is 9.31. The summed E-state index contributed by atoms with van der Waals surface area (Å²) in [5.74, 6) is 0. The second kappa shape index (κ2) is 5.10. The number of methoxy groups -OCH3 is 1. The lowest BCUT2D eigenvalue weighted by atomic mass is 10.0. The van der Waals surface area contributed by atoms with Crippen LogP contribution in [0.15, 0.2) is 0 Å². The highest BCUT2D eigenvalue weighted by Gasteiger charge is 2.43. The second-order valence-corrected chi connectivity index (χ2v) is 3.51. The van der Waals surface area contributed by atoms with E-state index in [1.54, 1.807) is 0 Å². The highest BCUT2D eigenvalue weighted by Crippen LogP contribution is 2.47. The molecule has 0 aromatic heterocycles. The van der Waals surface area contributed by atoms with Gasteiger partial charge >= 0.3 is 6.09 Å². The largest absolute Gasteiger partial charge is 0.453 e. The van der Waals surface area contributed by atoms with Crippen LogP contribution in [0.25, 0.3) is 0 Å². The van der Waals surface area contributed by atoms with Crippen LogP contribution < -0.4 is 5.32 Å². The molecule has 1 fully saturated rings. The Hall–Kier alpha value is -0.730. The van der Waals surface area contributed by atoms with E-state index in [2.05, 4.69) is 17.0 Å². The molecule has 1 saturated carbocycles. The van der Waals surface area contributed by atoms with Crippen molar-refractivity contribution in [2.45, 2.75) is 46.6 Å². The Bertz CT molecular complexity index is 164. The Morgan fingerprint density at radius 3 is 2.23 bits per heavy atom. The molecule has 0 spiro atoms. The fraction of sp³-hybridized carbons (Fsp3) is 0.900. The third-order valence-electron chi connectivity index (χ3n) is 2.60. The van der Waals surface area contributed by atoms with Gasteiger partial charge in [0.05, 0.1) is 7.11 Å². The summed E-state index contributed by atoms with van der Waals surface area (Å²) in [5.41, 5.74) is 0.328. The lowest BCUT2D eigenvalue weighted by molar-refractivity contribution is 0.162. The van der Waals surface area contributed by atoms with E-state index in [0.717, 1.165) is 0 Å². The van der Waals surface area contributed by atoms with Crippen molar-refractivity contribution in [1.82, 2.24) is 5.32 Å². The molecule has 1 atom stereocenters. The van der Waals surface area contributed by atoms with Crippen LogP contribution in [0.4, 0.5) is 4.79 Å². The van der Waals surface area contributed by atoms with E-state index in [-0.39, 0.29) is 12.1 Å². The lowest BCUT2D eigenvalue weighted by Crippen LogP contribution is -2.37. The number of carbonyl (C=O) groups is 1. The van der Waals surface area contributed by atoms with Gasteiger partial charge in [-0.05, 0) is 25.2 Å². The van der Waals surface area contributed by atoms with Crippen molar-refractivity contribution >= 4 is 6.09 Å². The number of amides is 1. The van der Waals surface area contributed by atoms with Crippen LogP contribution in [-0.2, 0) is 4.74 Å². The minimum atomic E-state index is -0.328. The first-order valence-electron chi connectivity index (χ1n) is 4.93. The summed E-state index contributed by atoms with van der Waals surface area (Å²) in [5, 5.41) is 2.77. The van der Waals surface area contributed by atoms with Gasteiger partial charge in [-0.3, -0.25) is 0 Å². The van der Waals surface area contributed by atoms with Crippen LogP contribution in [0.5, 0.6) is 0 Å². The fourth-order valence-electron chi connectivity index (χ4n) is 1.04. The van der Waals surface area contributed by atoms with Gasteiger partial charge in [-0.1, -0.05) is 20.8 Å². The van der Waals surface area contributed by atoms with Gasteiger partial charge in [0.25, 0.3) is 0 Å². The average Bonchev–Trinajstić information content (AvgIpc) is 2.88.